The zero-order valence-electron chi connectivity index (χ0n) is 21.2. The summed E-state index contributed by atoms with van der Waals surface area (Å²) in [4.78, 5) is 0. The first-order valence-corrected chi connectivity index (χ1v) is 16.2. The number of hydrogen-bond donors (Lipinski definition) is 0. The Labute approximate surface area is 229 Å². The molecule has 0 bridgehead atoms. The average Bonchev–Trinajstić information content (AvgIpc) is 3.06. The molecule has 5 atom stereocenters. The molecule has 1 fully saturated rings. The molecule has 1 saturated heterocycles. The van der Waals surface area contributed by atoms with Crippen LogP contribution < -0.4 is 0 Å². The minimum atomic E-state index is 0.0542. The Kier molecular flexibility index (Phi) is 13.5. The van der Waals surface area contributed by atoms with Crippen LogP contribution in [0, 0.1) is 11.8 Å². The molecule has 3 rings (SSSR count). The van der Waals surface area contributed by atoms with Gasteiger partial charge in [0.25, 0.3) is 0 Å². The summed E-state index contributed by atoms with van der Waals surface area (Å²) in [5.41, 5.74) is 0. The van der Waals surface area contributed by atoms with Crippen molar-refractivity contribution in [2.24, 2.45) is 11.8 Å². The summed E-state index contributed by atoms with van der Waals surface area (Å²) in [5.74, 6) is 1.99. The molecule has 192 valence electrons. The van der Waals surface area contributed by atoms with Gasteiger partial charge in [-0.3, -0.25) is 0 Å². The van der Waals surface area contributed by atoms with E-state index >= 15 is 0 Å². The fourth-order valence-electron chi connectivity index (χ4n) is 5.01. The molecule has 3 aliphatic rings. The molecule has 2 nitrogen and oxygen atoms in total. The maximum absolute atomic E-state index is 6.25. The number of halogens is 2. The lowest BCUT2D eigenvalue weighted by Gasteiger charge is -2.24. The lowest BCUT2D eigenvalue weighted by Crippen LogP contribution is -2.20. The third-order valence-corrected chi connectivity index (χ3v) is 9.96. The lowest BCUT2D eigenvalue weighted by atomic mass is 9.84. The van der Waals surface area contributed by atoms with Gasteiger partial charge in [0.05, 0.1) is 11.1 Å². The molecular weight excluding hydrogens is 572 g/mol. The van der Waals surface area contributed by atoms with E-state index in [0.29, 0.717) is 22.3 Å². The normalized spacial score (nSPS) is 28.0. The van der Waals surface area contributed by atoms with Gasteiger partial charge in [-0.1, -0.05) is 118 Å². The highest BCUT2D eigenvalue weighted by Gasteiger charge is 2.43. The smallest absolute Gasteiger partial charge is 0.129 e. The number of allylic oxidation sites excluding steroid dienone is 3. The molecule has 1 heterocycles. The largest absolute Gasteiger partial charge is 0.493 e. The molecule has 2 aliphatic carbocycles. The van der Waals surface area contributed by atoms with Gasteiger partial charge in [0.15, 0.2) is 0 Å². The Hall–Kier alpha value is 0.0300. The zero-order valence-corrected chi connectivity index (χ0v) is 25.1. The van der Waals surface area contributed by atoms with Crippen LogP contribution in [-0.4, -0.2) is 29.8 Å². The summed E-state index contributed by atoms with van der Waals surface area (Å²) in [6, 6.07) is 0. The van der Waals surface area contributed by atoms with E-state index < -0.39 is 0 Å². The van der Waals surface area contributed by atoms with E-state index in [0.717, 1.165) is 36.3 Å². The van der Waals surface area contributed by atoms with E-state index in [1.165, 1.54) is 68.7 Å². The van der Waals surface area contributed by atoms with Crippen LogP contribution in [0.1, 0.15) is 90.9 Å². The standard InChI is InChI=1S/C29H44Br2O2S/c1-3-5-7-9-11-13-17-32-26-16-15-22-23-19-27(33-18-14-12-10-8-6-4-2)25(31)21-29(23)34-28(22)20-24(26)30/h15-16,19-23,26,28-29H,3-14,17-18H2,1-2H3. The van der Waals surface area contributed by atoms with Gasteiger partial charge in [-0.05, 0) is 34.8 Å². The number of fused-ring (bicyclic) bond motifs is 3. The van der Waals surface area contributed by atoms with Crippen LogP contribution in [0.5, 0.6) is 0 Å². The minimum Gasteiger partial charge on any atom is -0.493 e. The highest BCUT2D eigenvalue weighted by Crippen LogP contribution is 2.51. The molecule has 1 aliphatic heterocycles. The molecule has 34 heavy (non-hydrogen) atoms. The predicted molar refractivity (Wildman–Crippen MR) is 156 cm³/mol. The van der Waals surface area contributed by atoms with Gasteiger partial charge < -0.3 is 9.47 Å². The molecule has 0 amide bonds. The van der Waals surface area contributed by atoms with Crippen LogP contribution in [0.25, 0.3) is 0 Å². The zero-order chi connectivity index (χ0) is 24.2. The SMILES string of the molecule is CCCCCCCCOC1=CC2C(C=C1Br)SC1C=C(Br)C(OCCCCCCCC)C=CC12. The van der Waals surface area contributed by atoms with E-state index in [1.807, 2.05) is 0 Å². The number of thioether (sulfide) groups is 1. The second kappa shape index (κ2) is 16.0. The third kappa shape index (κ3) is 8.85. The number of rotatable bonds is 16. The maximum atomic E-state index is 6.25. The average molecular weight is 617 g/mol. The van der Waals surface area contributed by atoms with E-state index in [9.17, 15) is 0 Å². The van der Waals surface area contributed by atoms with Gasteiger partial charge in [0.2, 0.25) is 0 Å². The van der Waals surface area contributed by atoms with E-state index in [-0.39, 0.29) is 6.10 Å². The van der Waals surface area contributed by atoms with Crippen molar-refractivity contribution in [3.8, 4) is 0 Å². The predicted octanol–water partition coefficient (Wildman–Crippen LogP) is 9.85. The van der Waals surface area contributed by atoms with Crippen molar-refractivity contribution in [3.05, 3.63) is 45.1 Å². The second-order valence-corrected chi connectivity index (χ2v) is 13.0. The first kappa shape index (κ1) is 28.6. The first-order chi connectivity index (χ1) is 16.6. The molecule has 0 radical (unpaired) electrons. The molecule has 0 saturated carbocycles. The molecule has 0 N–H and O–H groups in total. The highest BCUT2D eigenvalue weighted by molar-refractivity contribution is 9.12. The molecular formula is C29H44Br2O2S. The summed E-state index contributed by atoms with van der Waals surface area (Å²) in [6.45, 7) is 6.19. The first-order valence-electron chi connectivity index (χ1n) is 13.7. The quantitative estimate of drug-likeness (QED) is 0.127. The highest BCUT2D eigenvalue weighted by atomic mass is 79.9. The molecule has 0 aromatic heterocycles. The topological polar surface area (TPSA) is 18.5 Å². The Balaban J connectivity index is 1.48. The summed E-state index contributed by atoms with van der Waals surface area (Å²) in [5, 5.41) is 0.960. The van der Waals surface area contributed by atoms with Crippen molar-refractivity contribution in [1.29, 1.82) is 0 Å². The van der Waals surface area contributed by atoms with E-state index in [4.69, 9.17) is 9.47 Å². The fourth-order valence-corrected chi connectivity index (χ4v) is 8.16. The Morgan fingerprint density at radius 1 is 0.706 bits per heavy atom. The van der Waals surface area contributed by atoms with Crippen molar-refractivity contribution in [2.45, 2.75) is 108 Å². The Bertz CT molecular complexity index is 730. The van der Waals surface area contributed by atoms with Crippen LogP contribution >= 0.6 is 43.6 Å². The van der Waals surface area contributed by atoms with Gasteiger partial charge in [-0.25, -0.2) is 0 Å². The van der Waals surface area contributed by atoms with Crippen LogP contribution in [0.2, 0.25) is 0 Å². The lowest BCUT2D eigenvalue weighted by molar-refractivity contribution is 0.109. The van der Waals surface area contributed by atoms with Crippen molar-refractivity contribution < 1.29 is 9.47 Å². The Morgan fingerprint density at radius 3 is 2.03 bits per heavy atom. The van der Waals surface area contributed by atoms with Crippen molar-refractivity contribution in [2.75, 3.05) is 13.2 Å². The van der Waals surface area contributed by atoms with Crippen molar-refractivity contribution >= 4 is 43.6 Å². The number of ether oxygens (including phenoxy) is 2. The summed E-state index contributed by atoms with van der Waals surface area (Å²) in [7, 11) is 0. The van der Waals surface area contributed by atoms with Gasteiger partial charge >= 0.3 is 0 Å². The van der Waals surface area contributed by atoms with Crippen LogP contribution in [0.4, 0.5) is 0 Å². The van der Waals surface area contributed by atoms with Crippen LogP contribution in [-0.2, 0) is 9.47 Å². The van der Waals surface area contributed by atoms with Gasteiger partial charge in [0.1, 0.15) is 11.9 Å². The van der Waals surface area contributed by atoms with Crippen LogP contribution in [0.3, 0.4) is 0 Å². The summed E-state index contributed by atoms with van der Waals surface area (Å²) in [6.07, 6.45) is 27.4. The van der Waals surface area contributed by atoms with Crippen molar-refractivity contribution in [1.82, 2.24) is 0 Å². The second-order valence-electron chi connectivity index (χ2n) is 9.88. The summed E-state index contributed by atoms with van der Waals surface area (Å²) >= 11 is 9.68. The maximum Gasteiger partial charge on any atom is 0.129 e. The van der Waals surface area contributed by atoms with Crippen molar-refractivity contribution in [3.63, 3.8) is 0 Å². The number of hydrogen-bond acceptors (Lipinski definition) is 3. The van der Waals surface area contributed by atoms with Crippen LogP contribution in [0.15, 0.2) is 45.1 Å². The molecule has 5 heteroatoms. The Morgan fingerprint density at radius 2 is 1.32 bits per heavy atom. The minimum absolute atomic E-state index is 0.0542. The molecule has 0 spiro atoms. The van der Waals surface area contributed by atoms with Gasteiger partial charge in [-0.2, -0.15) is 0 Å². The molecule has 5 unspecified atom stereocenters. The molecule has 0 aromatic rings. The third-order valence-electron chi connectivity index (χ3n) is 7.06. The summed E-state index contributed by atoms with van der Waals surface area (Å²) < 4.78 is 14.8. The van der Waals surface area contributed by atoms with E-state index in [2.05, 4.69) is 87.8 Å². The van der Waals surface area contributed by atoms with Gasteiger partial charge in [-0.15, -0.1) is 11.8 Å². The van der Waals surface area contributed by atoms with Gasteiger partial charge in [0, 0.05) is 33.4 Å². The van der Waals surface area contributed by atoms with E-state index in [1.54, 1.807) is 0 Å². The number of unbranched alkanes of at least 4 members (excludes halogenated alkanes) is 10. The monoisotopic (exact) mass is 614 g/mol. The fraction of sp³-hybridized carbons (Fsp3) is 0.724. The molecule has 0 aromatic carbocycles.